The monoisotopic (exact) mass is 497 g/mol. The molecule has 1 atom stereocenters. The summed E-state index contributed by atoms with van der Waals surface area (Å²) < 4.78 is 32.0. The maximum absolute atomic E-state index is 12.6. The zero-order valence-corrected chi connectivity index (χ0v) is 21.6. The molecule has 0 amide bonds. The normalized spacial score (nSPS) is 17.2. The topological polar surface area (TPSA) is 80.4 Å². The number of hydrogen-bond donors (Lipinski definition) is 1. The predicted molar refractivity (Wildman–Crippen MR) is 136 cm³/mol. The van der Waals surface area contributed by atoms with Crippen LogP contribution in [0.4, 0.5) is 0 Å². The van der Waals surface area contributed by atoms with Crippen molar-refractivity contribution < 1.29 is 22.4 Å². The molecule has 1 aromatic heterocycles. The van der Waals surface area contributed by atoms with Crippen LogP contribution in [0.1, 0.15) is 55.7 Å². The van der Waals surface area contributed by atoms with Gasteiger partial charge >= 0.3 is 0 Å². The van der Waals surface area contributed by atoms with Gasteiger partial charge in [-0.15, -0.1) is 0 Å². The molecule has 188 valence electrons. The molecule has 0 unspecified atom stereocenters. The number of benzene rings is 2. The van der Waals surface area contributed by atoms with Gasteiger partial charge in [-0.3, -0.25) is 0 Å². The van der Waals surface area contributed by atoms with Crippen LogP contribution < -0.4 is 0 Å². The molecule has 6 nitrogen and oxygen atoms in total. The molecule has 7 heteroatoms. The van der Waals surface area contributed by atoms with Crippen LogP contribution >= 0.6 is 0 Å². The fraction of sp³-hybridized carbons (Fsp3) is 0.464. The summed E-state index contributed by atoms with van der Waals surface area (Å²) in [5.41, 5.74) is -0.430. The Hall–Kier alpha value is -2.48. The quantitative estimate of drug-likeness (QED) is 0.402. The van der Waals surface area contributed by atoms with Gasteiger partial charge in [-0.05, 0) is 30.5 Å². The summed E-state index contributed by atoms with van der Waals surface area (Å²) in [7, 11) is 0.822. The molecule has 0 spiro atoms. The Balaban J connectivity index is 1.45. The summed E-state index contributed by atoms with van der Waals surface area (Å²) >= 11 is 0. The summed E-state index contributed by atoms with van der Waals surface area (Å²) in [6.07, 6.45) is 7.55. The van der Waals surface area contributed by atoms with Gasteiger partial charge < -0.3 is 14.0 Å². The fourth-order valence-corrected chi connectivity index (χ4v) is 6.55. The van der Waals surface area contributed by atoms with Gasteiger partial charge in [0.25, 0.3) is 0 Å². The highest BCUT2D eigenvalue weighted by Gasteiger charge is 2.44. The minimum atomic E-state index is -3.29. The van der Waals surface area contributed by atoms with Crippen LogP contribution in [0.5, 0.6) is 0 Å². The molecule has 35 heavy (non-hydrogen) atoms. The van der Waals surface area contributed by atoms with E-state index in [1.165, 1.54) is 6.42 Å². The third-order valence-corrected chi connectivity index (χ3v) is 8.97. The first kappa shape index (κ1) is 25.6. The van der Waals surface area contributed by atoms with E-state index in [0.717, 1.165) is 31.2 Å². The molecule has 1 saturated carbocycles. The average Bonchev–Trinajstić information content (AvgIpc) is 3.33. The van der Waals surface area contributed by atoms with E-state index >= 15 is 0 Å². The van der Waals surface area contributed by atoms with E-state index in [4.69, 9.17) is 4.42 Å². The van der Waals surface area contributed by atoms with E-state index in [1.54, 1.807) is 30.5 Å². The highest BCUT2D eigenvalue weighted by atomic mass is 32.2. The van der Waals surface area contributed by atoms with Gasteiger partial charge in [-0.25, -0.2) is 13.4 Å². The van der Waals surface area contributed by atoms with Gasteiger partial charge in [0.1, 0.15) is 6.54 Å². The number of quaternary nitrogens is 1. The van der Waals surface area contributed by atoms with Crippen LogP contribution in [0.15, 0.2) is 76.2 Å². The van der Waals surface area contributed by atoms with Crippen LogP contribution in [0.2, 0.25) is 0 Å². The molecule has 2 aromatic carbocycles. The molecule has 1 fully saturated rings. The van der Waals surface area contributed by atoms with Crippen molar-refractivity contribution in [1.82, 2.24) is 4.98 Å². The summed E-state index contributed by atoms with van der Waals surface area (Å²) in [5, 5.41) is 12.0. The second-order valence-corrected chi connectivity index (χ2v) is 12.5. The second-order valence-electron chi connectivity index (χ2n) is 10.4. The minimum Gasteiger partial charge on any atom is -0.436 e. The van der Waals surface area contributed by atoms with Gasteiger partial charge in [-0.2, -0.15) is 0 Å². The first-order valence-electron chi connectivity index (χ1n) is 12.5. The van der Waals surface area contributed by atoms with E-state index in [2.05, 4.69) is 19.1 Å². The second kappa shape index (κ2) is 10.6. The van der Waals surface area contributed by atoms with Crippen molar-refractivity contribution in [2.24, 2.45) is 5.92 Å². The first-order chi connectivity index (χ1) is 16.7. The third kappa shape index (κ3) is 6.02. The van der Waals surface area contributed by atoms with Crippen molar-refractivity contribution >= 4 is 9.84 Å². The molecule has 0 saturated heterocycles. The number of oxazole rings is 1. The minimum absolute atomic E-state index is 0.0656. The number of hydrogen-bond acceptors (Lipinski definition) is 5. The average molecular weight is 498 g/mol. The lowest BCUT2D eigenvalue weighted by Crippen LogP contribution is -2.40. The molecule has 3 aromatic rings. The number of aliphatic hydroxyl groups is 1. The molecule has 1 N–H and O–H groups in total. The van der Waals surface area contributed by atoms with Crippen molar-refractivity contribution in [2.75, 3.05) is 26.4 Å². The summed E-state index contributed by atoms with van der Waals surface area (Å²) in [5.74, 6) is 1.23. The molecule has 0 aliphatic heterocycles. The van der Waals surface area contributed by atoms with Crippen molar-refractivity contribution in [3.63, 3.8) is 0 Å². The molecule has 1 heterocycles. The summed E-state index contributed by atoms with van der Waals surface area (Å²) in [4.78, 5) is 4.93. The summed E-state index contributed by atoms with van der Waals surface area (Å²) in [6.45, 7) is 1.24. The van der Waals surface area contributed by atoms with Crippen LogP contribution in [-0.2, 0) is 22.0 Å². The van der Waals surface area contributed by atoms with E-state index in [0.29, 0.717) is 40.5 Å². The van der Waals surface area contributed by atoms with Gasteiger partial charge in [0.15, 0.2) is 21.2 Å². The molecule has 0 bridgehead atoms. The number of rotatable bonds is 10. The van der Waals surface area contributed by atoms with Crippen molar-refractivity contribution in [2.45, 2.75) is 55.6 Å². The molecule has 0 radical (unpaired) electrons. The first-order valence-corrected chi connectivity index (χ1v) is 14.2. The van der Waals surface area contributed by atoms with Crippen molar-refractivity contribution in [3.8, 4) is 0 Å². The maximum Gasteiger partial charge on any atom is 0.231 e. The zero-order valence-electron chi connectivity index (χ0n) is 20.8. The predicted octanol–water partition coefficient (Wildman–Crippen LogP) is 4.93. The van der Waals surface area contributed by atoms with Gasteiger partial charge in [0.05, 0.1) is 37.5 Å². The van der Waals surface area contributed by atoms with E-state index in [-0.39, 0.29) is 11.7 Å². The Kier molecular flexibility index (Phi) is 7.79. The lowest BCUT2D eigenvalue weighted by molar-refractivity contribution is -0.904. The standard InChI is InChI=1S/C28H37N2O4S/c1-30(2,19-12-20-35(32,33)26-17-10-5-11-18-26)22-25-21-29-27(34-25)28(31,23-13-6-3-7-14-23)24-15-8-4-9-16-24/h3,5-7,10-11,13-14,17-18,21,24,31H,4,8-9,12,15-16,19-20,22H2,1-2H3/q+1/t28-/m0/s1. The highest BCUT2D eigenvalue weighted by molar-refractivity contribution is 7.91. The van der Waals surface area contributed by atoms with Crippen LogP contribution in [-0.4, -0.2) is 49.4 Å². The zero-order chi connectivity index (χ0) is 24.9. The Morgan fingerprint density at radius 2 is 1.63 bits per heavy atom. The van der Waals surface area contributed by atoms with Crippen LogP contribution in [0.3, 0.4) is 0 Å². The third-order valence-electron chi connectivity index (χ3n) is 7.15. The number of sulfone groups is 1. The van der Waals surface area contributed by atoms with E-state index in [1.807, 2.05) is 36.4 Å². The SMILES string of the molecule is C[N+](C)(CCCS(=O)(=O)c1ccccc1)Cc1cnc([C@](O)(c2ccccc2)C2CCCCC2)o1. The Morgan fingerprint density at radius 1 is 1.00 bits per heavy atom. The van der Waals surface area contributed by atoms with Gasteiger partial charge in [0.2, 0.25) is 5.89 Å². The number of aromatic nitrogens is 1. The Morgan fingerprint density at radius 3 is 2.29 bits per heavy atom. The smallest absolute Gasteiger partial charge is 0.231 e. The molecule has 1 aliphatic rings. The molecular weight excluding hydrogens is 460 g/mol. The molecule has 4 rings (SSSR count). The van der Waals surface area contributed by atoms with Crippen LogP contribution in [0.25, 0.3) is 0 Å². The Labute approximate surface area is 209 Å². The lowest BCUT2D eigenvalue weighted by Gasteiger charge is -2.36. The molecular formula is C28H37N2O4S+. The van der Waals surface area contributed by atoms with Gasteiger partial charge in [-0.1, -0.05) is 67.8 Å². The lowest BCUT2D eigenvalue weighted by atomic mass is 9.73. The van der Waals surface area contributed by atoms with Gasteiger partial charge in [0, 0.05) is 12.3 Å². The van der Waals surface area contributed by atoms with Crippen molar-refractivity contribution in [1.29, 1.82) is 0 Å². The fourth-order valence-electron chi connectivity index (χ4n) is 5.23. The summed E-state index contributed by atoms with van der Waals surface area (Å²) in [6, 6.07) is 18.3. The Bertz CT molecular complexity index is 1190. The number of nitrogens with zero attached hydrogens (tertiary/aromatic N) is 2. The largest absolute Gasteiger partial charge is 0.436 e. The molecule has 1 aliphatic carbocycles. The van der Waals surface area contributed by atoms with E-state index < -0.39 is 15.4 Å². The maximum atomic E-state index is 12.6. The van der Waals surface area contributed by atoms with E-state index in [9.17, 15) is 13.5 Å². The highest BCUT2D eigenvalue weighted by Crippen LogP contribution is 2.43. The van der Waals surface area contributed by atoms with Crippen LogP contribution in [0, 0.1) is 5.92 Å². The van der Waals surface area contributed by atoms with Crippen molar-refractivity contribution in [3.05, 3.63) is 84.1 Å².